The second-order valence-electron chi connectivity index (χ2n) is 6.22. The molecule has 0 saturated carbocycles. The summed E-state index contributed by atoms with van der Waals surface area (Å²) in [6.07, 6.45) is 0.894. The van der Waals surface area contributed by atoms with Crippen molar-refractivity contribution in [2.75, 3.05) is 6.54 Å². The number of aromatic nitrogens is 2. The van der Waals surface area contributed by atoms with Gasteiger partial charge in [0.1, 0.15) is 6.04 Å². The van der Waals surface area contributed by atoms with E-state index >= 15 is 0 Å². The molecule has 1 atom stereocenters. The second kappa shape index (κ2) is 7.38. The monoisotopic (exact) mass is 356 g/mol. The van der Waals surface area contributed by atoms with Crippen molar-refractivity contribution >= 4 is 22.5 Å². The molecule has 2 aromatic carbocycles. The first-order chi connectivity index (χ1) is 12.1. The Morgan fingerprint density at radius 1 is 1.20 bits per heavy atom. The number of nitrogens with zero attached hydrogens (tertiary/aromatic N) is 2. The van der Waals surface area contributed by atoms with Crippen molar-refractivity contribution in [3.8, 4) is 5.69 Å². The van der Waals surface area contributed by atoms with Crippen LogP contribution < -0.4 is 10.9 Å². The van der Waals surface area contributed by atoms with Crippen LogP contribution in [0.4, 0.5) is 0 Å². The average Bonchev–Trinajstić information content (AvgIpc) is 2.60. The van der Waals surface area contributed by atoms with Crippen LogP contribution >= 0.6 is 11.6 Å². The molecule has 0 spiro atoms. The Bertz CT molecular complexity index is 965. The van der Waals surface area contributed by atoms with E-state index in [-0.39, 0.29) is 11.6 Å². The summed E-state index contributed by atoms with van der Waals surface area (Å²) in [7, 11) is 0. The van der Waals surface area contributed by atoms with Crippen LogP contribution in [-0.4, -0.2) is 16.1 Å². The number of rotatable bonds is 5. The fraction of sp³-hybridized carbons (Fsp3) is 0.300. The normalized spacial score (nSPS) is 12.5. The highest BCUT2D eigenvalue weighted by Crippen LogP contribution is 2.22. The molecule has 2 N–H and O–H groups in total. The summed E-state index contributed by atoms with van der Waals surface area (Å²) in [6.45, 7) is 7.13. The Labute approximate surface area is 152 Å². The number of halogens is 1. The van der Waals surface area contributed by atoms with E-state index in [0.717, 1.165) is 35.6 Å². The molecular weight excluding hydrogens is 334 g/mol. The molecule has 25 heavy (non-hydrogen) atoms. The predicted molar refractivity (Wildman–Crippen MR) is 103 cm³/mol. The van der Waals surface area contributed by atoms with E-state index < -0.39 is 0 Å². The molecule has 0 aliphatic rings. The van der Waals surface area contributed by atoms with Gasteiger partial charge in [-0.3, -0.25) is 9.36 Å². The molecule has 130 valence electrons. The third-order valence-corrected chi connectivity index (χ3v) is 4.73. The van der Waals surface area contributed by atoms with Gasteiger partial charge in [0.25, 0.3) is 5.56 Å². The van der Waals surface area contributed by atoms with E-state index in [4.69, 9.17) is 16.6 Å². The molecule has 0 unspecified atom stereocenters. The topological polar surface area (TPSA) is 51.5 Å². The minimum atomic E-state index is -0.0334. The average molecular weight is 357 g/mol. The van der Waals surface area contributed by atoms with Crippen LogP contribution in [-0.2, 0) is 0 Å². The number of aryl methyl sites for hydroxylation is 1. The molecule has 3 aromatic rings. The Balaban J connectivity index is 2.38. The fourth-order valence-corrected chi connectivity index (χ4v) is 3.47. The Morgan fingerprint density at radius 3 is 2.64 bits per heavy atom. The van der Waals surface area contributed by atoms with E-state index in [2.05, 4.69) is 19.2 Å². The van der Waals surface area contributed by atoms with Crippen molar-refractivity contribution in [2.24, 2.45) is 0 Å². The summed E-state index contributed by atoms with van der Waals surface area (Å²) < 4.78 is 1.76. The Hall–Kier alpha value is -2.17. The summed E-state index contributed by atoms with van der Waals surface area (Å²) in [5, 5.41) is 3.52. The highest BCUT2D eigenvalue weighted by molar-refractivity contribution is 6.30. The number of quaternary nitrogens is 1. The smallest absolute Gasteiger partial charge is 0.266 e. The maximum absolute atomic E-state index is 13.3. The zero-order valence-electron chi connectivity index (χ0n) is 14.8. The standard InChI is InChI=1S/C20H22ClN3O/c1-4-16(22-5-2)19-23-17-9-7-6-8-15(17)20(25)24(19)18-11-10-14(21)12-13(18)3/h6-12,16,22H,4-5H2,1-3H3/p+1/t16-/m1/s1. The van der Waals surface area contributed by atoms with Gasteiger partial charge < -0.3 is 5.32 Å². The first-order valence-electron chi connectivity index (χ1n) is 8.68. The summed E-state index contributed by atoms with van der Waals surface area (Å²) in [5.41, 5.74) is 2.51. The van der Waals surface area contributed by atoms with Crippen LogP contribution in [0.2, 0.25) is 5.02 Å². The second-order valence-corrected chi connectivity index (χ2v) is 6.65. The van der Waals surface area contributed by atoms with Crippen molar-refractivity contribution in [3.05, 3.63) is 69.2 Å². The number of benzene rings is 2. The minimum absolute atomic E-state index is 0.0334. The largest absolute Gasteiger partial charge is 0.338 e. The summed E-state index contributed by atoms with van der Waals surface area (Å²) in [6, 6.07) is 13.3. The van der Waals surface area contributed by atoms with Gasteiger partial charge >= 0.3 is 0 Å². The number of hydrogen-bond acceptors (Lipinski definition) is 2. The Kier molecular flexibility index (Phi) is 5.21. The molecule has 3 rings (SSSR count). The lowest BCUT2D eigenvalue weighted by Gasteiger charge is -2.20. The lowest BCUT2D eigenvalue weighted by molar-refractivity contribution is -0.694. The SMILES string of the molecule is CC[NH2+][C@H](CC)c1nc2ccccc2c(=O)n1-c1ccc(Cl)cc1C. The van der Waals surface area contributed by atoms with Crippen LogP contribution in [0.1, 0.15) is 37.7 Å². The Morgan fingerprint density at radius 2 is 1.96 bits per heavy atom. The van der Waals surface area contributed by atoms with Crippen molar-refractivity contribution in [3.63, 3.8) is 0 Å². The third-order valence-electron chi connectivity index (χ3n) is 4.49. The number of hydrogen-bond donors (Lipinski definition) is 1. The quantitative estimate of drug-likeness (QED) is 0.761. The molecular formula is C20H23ClN3O+. The van der Waals surface area contributed by atoms with Crippen LogP contribution in [0, 0.1) is 6.92 Å². The fourth-order valence-electron chi connectivity index (χ4n) is 3.24. The van der Waals surface area contributed by atoms with E-state index in [1.807, 2.05) is 49.4 Å². The highest BCUT2D eigenvalue weighted by atomic mass is 35.5. The van der Waals surface area contributed by atoms with E-state index in [1.165, 1.54) is 0 Å². The number of fused-ring (bicyclic) bond motifs is 1. The molecule has 0 amide bonds. The maximum atomic E-state index is 13.3. The summed E-state index contributed by atoms with van der Waals surface area (Å²) in [5.74, 6) is 0.790. The van der Waals surface area contributed by atoms with E-state index in [9.17, 15) is 4.79 Å². The number of nitrogens with two attached hydrogens (primary N) is 1. The van der Waals surface area contributed by atoms with Gasteiger partial charge in [-0.2, -0.15) is 0 Å². The van der Waals surface area contributed by atoms with Gasteiger partial charge in [0.05, 0.1) is 23.1 Å². The van der Waals surface area contributed by atoms with Gasteiger partial charge in [-0.1, -0.05) is 30.7 Å². The van der Waals surface area contributed by atoms with Crippen LogP contribution in [0.5, 0.6) is 0 Å². The molecule has 1 aromatic heterocycles. The van der Waals surface area contributed by atoms with Crippen LogP contribution in [0.15, 0.2) is 47.3 Å². The predicted octanol–water partition coefficient (Wildman–Crippen LogP) is 3.38. The van der Waals surface area contributed by atoms with Gasteiger partial charge in [-0.15, -0.1) is 0 Å². The molecule has 0 bridgehead atoms. The van der Waals surface area contributed by atoms with Crippen LogP contribution in [0.25, 0.3) is 16.6 Å². The van der Waals surface area contributed by atoms with Crippen molar-refractivity contribution in [2.45, 2.75) is 33.2 Å². The molecule has 0 fully saturated rings. The highest BCUT2D eigenvalue weighted by Gasteiger charge is 2.22. The summed E-state index contributed by atoms with van der Waals surface area (Å²) in [4.78, 5) is 18.2. The zero-order chi connectivity index (χ0) is 18.0. The van der Waals surface area contributed by atoms with Gasteiger partial charge in [0.2, 0.25) is 0 Å². The summed E-state index contributed by atoms with van der Waals surface area (Å²) >= 11 is 6.11. The van der Waals surface area contributed by atoms with Gasteiger partial charge in [-0.25, -0.2) is 4.98 Å². The van der Waals surface area contributed by atoms with Gasteiger partial charge in [0, 0.05) is 11.4 Å². The van der Waals surface area contributed by atoms with Crippen molar-refractivity contribution < 1.29 is 5.32 Å². The molecule has 0 radical (unpaired) electrons. The minimum Gasteiger partial charge on any atom is -0.338 e. The molecule has 0 aliphatic heterocycles. The van der Waals surface area contributed by atoms with Crippen molar-refractivity contribution in [1.82, 2.24) is 9.55 Å². The maximum Gasteiger partial charge on any atom is 0.266 e. The molecule has 5 heteroatoms. The molecule has 1 heterocycles. The molecule has 4 nitrogen and oxygen atoms in total. The number of para-hydroxylation sites is 1. The van der Waals surface area contributed by atoms with E-state index in [1.54, 1.807) is 4.57 Å². The molecule has 0 saturated heterocycles. The van der Waals surface area contributed by atoms with E-state index in [0.29, 0.717) is 10.4 Å². The lowest BCUT2D eigenvalue weighted by atomic mass is 10.1. The lowest BCUT2D eigenvalue weighted by Crippen LogP contribution is -2.85. The third kappa shape index (κ3) is 3.32. The zero-order valence-corrected chi connectivity index (χ0v) is 15.5. The van der Waals surface area contributed by atoms with Crippen LogP contribution in [0.3, 0.4) is 0 Å². The van der Waals surface area contributed by atoms with Gasteiger partial charge in [0.15, 0.2) is 5.82 Å². The van der Waals surface area contributed by atoms with Gasteiger partial charge in [-0.05, 0) is 49.7 Å². The van der Waals surface area contributed by atoms with Crippen molar-refractivity contribution in [1.29, 1.82) is 0 Å². The first kappa shape index (κ1) is 17.6. The molecule has 0 aliphatic carbocycles. The first-order valence-corrected chi connectivity index (χ1v) is 9.06.